The number of fused-ring (bicyclic) bond motifs is 1. The van der Waals surface area contributed by atoms with Gasteiger partial charge in [-0.1, -0.05) is 20.8 Å². The third-order valence-electron chi connectivity index (χ3n) is 2.92. The fraction of sp³-hybridized carbons (Fsp3) is 0.571. The number of aromatic nitrogens is 3. The maximum Gasteiger partial charge on any atom is 0.158 e. The van der Waals surface area contributed by atoms with Gasteiger partial charge in [-0.15, -0.1) is 0 Å². The number of pyridine rings is 1. The van der Waals surface area contributed by atoms with Crippen LogP contribution >= 0.6 is 0 Å². The van der Waals surface area contributed by atoms with Crippen molar-refractivity contribution in [2.45, 2.75) is 52.5 Å². The van der Waals surface area contributed by atoms with E-state index in [1.54, 1.807) is 0 Å². The molecular weight excluding hydrogens is 210 g/mol. The molecule has 0 bridgehead atoms. The van der Waals surface area contributed by atoms with Crippen LogP contribution in [0.25, 0.3) is 11.0 Å². The molecule has 0 saturated carbocycles. The minimum absolute atomic E-state index is 0.0365. The quantitative estimate of drug-likeness (QED) is 0.695. The van der Waals surface area contributed by atoms with E-state index in [0.717, 1.165) is 11.0 Å². The molecule has 0 aliphatic rings. The lowest BCUT2D eigenvalue weighted by atomic mass is 9.86. The summed E-state index contributed by atoms with van der Waals surface area (Å²) < 4.78 is 2.00. The first-order valence-electron chi connectivity index (χ1n) is 6.05. The number of hydrogen-bond donors (Lipinski definition) is 0. The second kappa shape index (κ2) is 3.56. The van der Waals surface area contributed by atoms with Crippen LogP contribution in [-0.2, 0) is 11.0 Å². The Morgan fingerprint density at radius 3 is 2.24 bits per heavy atom. The maximum absolute atomic E-state index is 4.49. The summed E-state index contributed by atoms with van der Waals surface area (Å²) in [5.74, 6) is 0. The van der Waals surface area contributed by atoms with E-state index < -0.39 is 0 Å². The van der Waals surface area contributed by atoms with Crippen LogP contribution in [0.2, 0.25) is 0 Å². The van der Waals surface area contributed by atoms with E-state index in [4.69, 9.17) is 0 Å². The Bertz CT molecular complexity index is 539. The zero-order chi connectivity index (χ0) is 12.8. The molecule has 0 radical (unpaired) electrons. The van der Waals surface area contributed by atoms with Crippen molar-refractivity contribution >= 4 is 11.0 Å². The molecule has 0 aliphatic heterocycles. The van der Waals surface area contributed by atoms with Gasteiger partial charge in [0.15, 0.2) is 5.65 Å². The van der Waals surface area contributed by atoms with Crippen molar-refractivity contribution in [1.82, 2.24) is 14.8 Å². The zero-order valence-corrected chi connectivity index (χ0v) is 11.6. The van der Waals surface area contributed by atoms with Crippen LogP contribution in [-0.4, -0.2) is 14.8 Å². The monoisotopic (exact) mass is 231 g/mol. The van der Waals surface area contributed by atoms with Crippen molar-refractivity contribution in [3.63, 3.8) is 0 Å². The average molecular weight is 231 g/mol. The van der Waals surface area contributed by atoms with Gasteiger partial charge in [-0.25, -0.2) is 9.67 Å². The predicted octanol–water partition coefficient (Wildman–Crippen LogP) is 3.48. The number of nitrogens with zero attached hydrogens (tertiary/aromatic N) is 3. The van der Waals surface area contributed by atoms with E-state index in [9.17, 15) is 0 Å². The van der Waals surface area contributed by atoms with Crippen LogP contribution in [0.5, 0.6) is 0 Å². The third-order valence-corrected chi connectivity index (χ3v) is 2.92. The highest BCUT2D eigenvalue weighted by Gasteiger charge is 2.22. The summed E-state index contributed by atoms with van der Waals surface area (Å²) in [6.45, 7) is 13.1. The standard InChI is InChI=1S/C14H21N3/c1-13(2,3)11-7-8-15-12-10(11)9-16-17(12)14(4,5)6/h7-9H,1-6H3. The first-order chi connectivity index (χ1) is 7.71. The first-order valence-corrected chi connectivity index (χ1v) is 6.05. The molecule has 2 rings (SSSR count). The van der Waals surface area contributed by atoms with Crippen molar-refractivity contribution in [1.29, 1.82) is 0 Å². The molecule has 2 heterocycles. The molecular formula is C14H21N3. The lowest BCUT2D eigenvalue weighted by Gasteiger charge is -2.22. The summed E-state index contributed by atoms with van der Waals surface area (Å²) in [7, 11) is 0. The topological polar surface area (TPSA) is 30.7 Å². The van der Waals surface area contributed by atoms with E-state index in [2.05, 4.69) is 57.7 Å². The Hall–Kier alpha value is -1.38. The molecule has 0 amide bonds. The minimum Gasteiger partial charge on any atom is -0.242 e. The zero-order valence-electron chi connectivity index (χ0n) is 11.6. The Morgan fingerprint density at radius 2 is 1.71 bits per heavy atom. The number of rotatable bonds is 0. The van der Waals surface area contributed by atoms with Crippen molar-refractivity contribution in [2.24, 2.45) is 0 Å². The van der Waals surface area contributed by atoms with Crippen LogP contribution < -0.4 is 0 Å². The van der Waals surface area contributed by atoms with E-state index >= 15 is 0 Å². The molecule has 0 saturated heterocycles. The third kappa shape index (κ3) is 2.06. The van der Waals surface area contributed by atoms with Crippen molar-refractivity contribution in [3.05, 3.63) is 24.0 Å². The molecule has 0 aliphatic carbocycles. The van der Waals surface area contributed by atoms with Crippen LogP contribution in [0.4, 0.5) is 0 Å². The first kappa shape index (κ1) is 12.1. The van der Waals surface area contributed by atoms with Gasteiger partial charge in [0.25, 0.3) is 0 Å². The van der Waals surface area contributed by atoms with Crippen molar-refractivity contribution in [3.8, 4) is 0 Å². The second-order valence-electron chi connectivity index (χ2n) is 6.57. The largest absolute Gasteiger partial charge is 0.242 e. The second-order valence-corrected chi connectivity index (χ2v) is 6.57. The average Bonchev–Trinajstić information content (AvgIpc) is 2.57. The van der Waals surface area contributed by atoms with Gasteiger partial charge >= 0.3 is 0 Å². The van der Waals surface area contributed by atoms with Crippen LogP contribution in [0.1, 0.15) is 47.1 Å². The Kier molecular flexibility index (Phi) is 2.53. The summed E-state index contributed by atoms with van der Waals surface area (Å²) in [6.07, 6.45) is 3.82. The highest BCUT2D eigenvalue weighted by Crippen LogP contribution is 2.30. The lowest BCUT2D eigenvalue weighted by molar-refractivity contribution is 0.366. The number of hydrogen-bond acceptors (Lipinski definition) is 2. The van der Waals surface area contributed by atoms with E-state index in [0.29, 0.717) is 0 Å². The summed E-state index contributed by atoms with van der Waals surface area (Å²) in [5, 5.41) is 5.66. The summed E-state index contributed by atoms with van der Waals surface area (Å²) in [6, 6.07) is 2.09. The Morgan fingerprint density at radius 1 is 1.06 bits per heavy atom. The molecule has 2 aromatic rings. The molecule has 0 fully saturated rings. The maximum atomic E-state index is 4.49. The van der Waals surface area contributed by atoms with Gasteiger partial charge in [-0.3, -0.25) is 0 Å². The summed E-state index contributed by atoms with van der Waals surface area (Å²) >= 11 is 0. The van der Waals surface area contributed by atoms with Crippen molar-refractivity contribution in [2.75, 3.05) is 0 Å². The molecule has 3 nitrogen and oxygen atoms in total. The van der Waals surface area contributed by atoms with E-state index in [1.165, 1.54) is 5.56 Å². The molecule has 92 valence electrons. The predicted molar refractivity (Wildman–Crippen MR) is 71.2 cm³/mol. The SMILES string of the molecule is CC(C)(C)c1ccnc2c1cnn2C(C)(C)C. The normalized spacial score (nSPS) is 13.3. The molecule has 0 atom stereocenters. The van der Waals surface area contributed by atoms with Gasteiger partial charge in [-0.2, -0.15) is 5.10 Å². The van der Waals surface area contributed by atoms with Crippen molar-refractivity contribution < 1.29 is 0 Å². The van der Waals surface area contributed by atoms with Gasteiger partial charge in [0.05, 0.1) is 11.7 Å². The Balaban J connectivity index is 2.74. The highest BCUT2D eigenvalue weighted by molar-refractivity contribution is 5.79. The molecule has 2 aromatic heterocycles. The fourth-order valence-corrected chi connectivity index (χ4v) is 2.07. The molecule has 3 heteroatoms. The summed E-state index contributed by atoms with van der Waals surface area (Å²) in [4.78, 5) is 4.48. The van der Waals surface area contributed by atoms with Gasteiger partial charge in [0, 0.05) is 11.6 Å². The molecule has 17 heavy (non-hydrogen) atoms. The van der Waals surface area contributed by atoms with Gasteiger partial charge < -0.3 is 0 Å². The minimum atomic E-state index is -0.0365. The van der Waals surface area contributed by atoms with E-state index in [-0.39, 0.29) is 11.0 Å². The van der Waals surface area contributed by atoms with Gasteiger partial charge in [0.1, 0.15) is 0 Å². The summed E-state index contributed by atoms with van der Waals surface area (Å²) in [5.41, 5.74) is 2.36. The van der Waals surface area contributed by atoms with Crippen LogP contribution in [0.3, 0.4) is 0 Å². The van der Waals surface area contributed by atoms with E-state index in [1.807, 2.05) is 17.1 Å². The van der Waals surface area contributed by atoms with Crippen LogP contribution in [0.15, 0.2) is 18.5 Å². The van der Waals surface area contributed by atoms with Gasteiger partial charge in [0.2, 0.25) is 0 Å². The molecule has 0 unspecified atom stereocenters. The van der Waals surface area contributed by atoms with Gasteiger partial charge in [-0.05, 0) is 37.8 Å². The molecule has 0 spiro atoms. The Labute approximate surface area is 103 Å². The smallest absolute Gasteiger partial charge is 0.158 e. The van der Waals surface area contributed by atoms with Crippen LogP contribution in [0, 0.1) is 0 Å². The lowest BCUT2D eigenvalue weighted by Crippen LogP contribution is -2.23. The molecule has 0 N–H and O–H groups in total. The fourth-order valence-electron chi connectivity index (χ4n) is 2.07. The highest BCUT2D eigenvalue weighted by atomic mass is 15.3. The molecule has 0 aromatic carbocycles.